The normalized spacial score (nSPS) is 10.2. The first-order valence-corrected chi connectivity index (χ1v) is 6.40. The molecule has 0 saturated heterocycles. The standard InChI is InChI=1S/C14H17N5O2/c1-9-3-4-10(15)5-12(9)14(21)18-11-6-17-19(7-11)8-13(20)16-2/h3-7H,8,15H2,1-2H3,(H,16,20)(H,18,21). The Balaban J connectivity index is 2.09. The molecule has 0 radical (unpaired) electrons. The Hall–Kier alpha value is -2.83. The number of aromatic nitrogens is 2. The number of likely N-dealkylation sites (N-methyl/N-ethyl adjacent to an activating group) is 1. The monoisotopic (exact) mass is 287 g/mol. The highest BCUT2D eigenvalue weighted by molar-refractivity contribution is 6.05. The molecule has 4 N–H and O–H groups in total. The Morgan fingerprint density at radius 3 is 2.86 bits per heavy atom. The summed E-state index contributed by atoms with van der Waals surface area (Å²) < 4.78 is 1.45. The van der Waals surface area contributed by atoms with Crippen LogP contribution in [0.25, 0.3) is 0 Å². The topological polar surface area (TPSA) is 102 Å². The van der Waals surface area contributed by atoms with Gasteiger partial charge in [0, 0.05) is 24.5 Å². The molecule has 0 atom stereocenters. The van der Waals surface area contributed by atoms with E-state index in [2.05, 4.69) is 15.7 Å². The Morgan fingerprint density at radius 1 is 1.38 bits per heavy atom. The van der Waals surface area contributed by atoms with E-state index in [4.69, 9.17) is 5.73 Å². The van der Waals surface area contributed by atoms with Crippen LogP contribution in [0, 0.1) is 6.92 Å². The van der Waals surface area contributed by atoms with E-state index in [1.807, 2.05) is 6.92 Å². The first-order valence-electron chi connectivity index (χ1n) is 6.40. The molecule has 0 saturated carbocycles. The summed E-state index contributed by atoms with van der Waals surface area (Å²) in [6.45, 7) is 1.94. The largest absolute Gasteiger partial charge is 0.399 e. The van der Waals surface area contributed by atoms with Crippen molar-refractivity contribution >= 4 is 23.2 Å². The summed E-state index contributed by atoms with van der Waals surface area (Å²) >= 11 is 0. The van der Waals surface area contributed by atoms with Crippen LogP contribution in [0.2, 0.25) is 0 Å². The Labute approximate surface area is 122 Å². The lowest BCUT2D eigenvalue weighted by atomic mass is 10.1. The van der Waals surface area contributed by atoms with Gasteiger partial charge in [0.2, 0.25) is 5.91 Å². The SMILES string of the molecule is CNC(=O)Cn1cc(NC(=O)c2cc(N)ccc2C)cn1. The zero-order valence-corrected chi connectivity index (χ0v) is 11.9. The van der Waals surface area contributed by atoms with E-state index in [0.717, 1.165) is 5.56 Å². The summed E-state index contributed by atoms with van der Waals surface area (Å²) in [4.78, 5) is 23.4. The predicted molar refractivity (Wildman–Crippen MR) is 79.8 cm³/mol. The minimum Gasteiger partial charge on any atom is -0.399 e. The van der Waals surface area contributed by atoms with Gasteiger partial charge in [-0.05, 0) is 24.6 Å². The summed E-state index contributed by atoms with van der Waals surface area (Å²) in [7, 11) is 1.55. The third kappa shape index (κ3) is 3.59. The van der Waals surface area contributed by atoms with Crippen molar-refractivity contribution in [3.05, 3.63) is 41.7 Å². The lowest BCUT2D eigenvalue weighted by molar-refractivity contribution is -0.121. The van der Waals surface area contributed by atoms with Gasteiger partial charge in [-0.2, -0.15) is 5.10 Å². The molecule has 2 rings (SSSR count). The molecule has 2 aromatic rings. The molecule has 0 aliphatic carbocycles. The quantitative estimate of drug-likeness (QED) is 0.723. The maximum Gasteiger partial charge on any atom is 0.256 e. The van der Waals surface area contributed by atoms with Crippen LogP contribution >= 0.6 is 0 Å². The molecule has 0 unspecified atom stereocenters. The van der Waals surface area contributed by atoms with Crippen molar-refractivity contribution in [2.45, 2.75) is 13.5 Å². The van der Waals surface area contributed by atoms with Crippen molar-refractivity contribution < 1.29 is 9.59 Å². The van der Waals surface area contributed by atoms with Crippen molar-refractivity contribution in [1.29, 1.82) is 0 Å². The van der Waals surface area contributed by atoms with Gasteiger partial charge in [0.25, 0.3) is 5.91 Å². The molecule has 7 nitrogen and oxygen atoms in total. The number of nitrogen functional groups attached to an aromatic ring is 1. The van der Waals surface area contributed by atoms with Gasteiger partial charge in [0.15, 0.2) is 0 Å². The number of nitrogens with zero attached hydrogens (tertiary/aromatic N) is 2. The van der Waals surface area contributed by atoms with Crippen LogP contribution in [0.4, 0.5) is 11.4 Å². The van der Waals surface area contributed by atoms with Gasteiger partial charge in [-0.3, -0.25) is 14.3 Å². The number of aryl methyl sites for hydroxylation is 1. The number of anilines is 2. The highest BCUT2D eigenvalue weighted by atomic mass is 16.2. The van der Waals surface area contributed by atoms with Gasteiger partial charge < -0.3 is 16.4 Å². The van der Waals surface area contributed by atoms with E-state index in [-0.39, 0.29) is 18.4 Å². The van der Waals surface area contributed by atoms with Gasteiger partial charge in [0.1, 0.15) is 6.54 Å². The first-order chi connectivity index (χ1) is 9.99. The fourth-order valence-electron chi connectivity index (χ4n) is 1.82. The van der Waals surface area contributed by atoms with Gasteiger partial charge >= 0.3 is 0 Å². The van der Waals surface area contributed by atoms with Gasteiger partial charge in [0.05, 0.1) is 11.9 Å². The van der Waals surface area contributed by atoms with Crippen LogP contribution in [0.1, 0.15) is 15.9 Å². The number of carbonyl (C=O) groups excluding carboxylic acids is 2. The molecular formula is C14H17N5O2. The molecule has 0 bridgehead atoms. The predicted octanol–water partition coefficient (Wildman–Crippen LogP) is 0.772. The number of rotatable bonds is 4. The summed E-state index contributed by atoms with van der Waals surface area (Å²) in [5.74, 6) is -0.429. The Kier molecular flexibility index (Phi) is 4.22. The van der Waals surface area contributed by atoms with Crippen molar-refractivity contribution in [2.75, 3.05) is 18.1 Å². The summed E-state index contributed by atoms with van der Waals surface area (Å²) in [6.07, 6.45) is 3.08. The molecule has 7 heteroatoms. The molecule has 110 valence electrons. The van der Waals surface area contributed by atoms with Crippen molar-refractivity contribution in [1.82, 2.24) is 15.1 Å². The minimum absolute atomic E-state index is 0.101. The average molecular weight is 287 g/mol. The molecule has 1 heterocycles. The van der Waals surface area contributed by atoms with Crippen LogP contribution in [-0.4, -0.2) is 28.6 Å². The second-order valence-electron chi connectivity index (χ2n) is 4.63. The van der Waals surface area contributed by atoms with E-state index in [1.54, 1.807) is 31.4 Å². The van der Waals surface area contributed by atoms with Crippen LogP contribution in [0.5, 0.6) is 0 Å². The number of hydrogen-bond acceptors (Lipinski definition) is 4. The van der Waals surface area contributed by atoms with Crippen molar-refractivity contribution in [2.24, 2.45) is 0 Å². The molecule has 0 spiro atoms. The Bertz CT molecular complexity index is 678. The molecule has 2 amide bonds. The van der Waals surface area contributed by atoms with Gasteiger partial charge in [-0.1, -0.05) is 6.07 Å². The van der Waals surface area contributed by atoms with E-state index in [1.165, 1.54) is 10.9 Å². The average Bonchev–Trinajstić information content (AvgIpc) is 2.88. The van der Waals surface area contributed by atoms with Gasteiger partial charge in [-0.15, -0.1) is 0 Å². The highest BCUT2D eigenvalue weighted by Gasteiger charge is 2.11. The second-order valence-corrected chi connectivity index (χ2v) is 4.63. The number of benzene rings is 1. The van der Waals surface area contributed by atoms with Crippen molar-refractivity contribution in [3.63, 3.8) is 0 Å². The summed E-state index contributed by atoms with van der Waals surface area (Å²) in [5, 5.41) is 9.24. The lowest BCUT2D eigenvalue weighted by Gasteiger charge is -2.06. The molecule has 1 aromatic heterocycles. The molecule has 21 heavy (non-hydrogen) atoms. The zero-order chi connectivity index (χ0) is 15.4. The minimum atomic E-state index is -0.265. The first kappa shape index (κ1) is 14.6. The number of nitrogens with one attached hydrogen (secondary N) is 2. The third-order valence-electron chi connectivity index (χ3n) is 2.98. The van der Waals surface area contributed by atoms with E-state index in [0.29, 0.717) is 16.9 Å². The second kappa shape index (κ2) is 6.08. The van der Waals surface area contributed by atoms with Crippen LogP contribution in [-0.2, 0) is 11.3 Å². The molecule has 1 aromatic carbocycles. The zero-order valence-electron chi connectivity index (χ0n) is 11.9. The number of nitrogens with two attached hydrogens (primary N) is 1. The number of hydrogen-bond donors (Lipinski definition) is 3. The third-order valence-corrected chi connectivity index (χ3v) is 2.98. The smallest absolute Gasteiger partial charge is 0.256 e. The highest BCUT2D eigenvalue weighted by Crippen LogP contribution is 2.15. The van der Waals surface area contributed by atoms with E-state index < -0.39 is 0 Å². The molecular weight excluding hydrogens is 270 g/mol. The fraction of sp³-hybridized carbons (Fsp3) is 0.214. The van der Waals surface area contributed by atoms with Gasteiger partial charge in [-0.25, -0.2) is 0 Å². The maximum absolute atomic E-state index is 12.2. The molecule has 0 aliphatic rings. The Morgan fingerprint density at radius 2 is 2.14 bits per heavy atom. The van der Waals surface area contributed by atoms with E-state index >= 15 is 0 Å². The van der Waals surface area contributed by atoms with Crippen molar-refractivity contribution in [3.8, 4) is 0 Å². The lowest BCUT2D eigenvalue weighted by Crippen LogP contribution is -2.23. The summed E-state index contributed by atoms with van der Waals surface area (Å²) in [5.41, 5.74) is 8.08. The van der Waals surface area contributed by atoms with E-state index in [9.17, 15) is 9.59 Å². The van der Waals surface area contributed by atoms with Crippen LogP contribution < -0.4 is 16.4 Å². The maximum atomic E-state index is 12.2. The summed E-state index contributed by atoms with van der Waals surface area (Å²) in [6, 6.07) is 5.16. The number of amides is 2. The molecule has 0 fully saturated rings. The van der Waals surface area contributed by atoms with Crippen LogP contribution in [0.3, 0.4) is 0 Å². The molecule has 0 aliphatic heterocycles. The number of carbonyl (C=O) groups is 2. The fourth-order valence-corrected chi connectivity index (χ4v) is 1.82. The van der Waals surface area contributed by atoms with Crippen LogP contribution in [0.15, 0.2) is 30.6 Å².